The Morgan fingerprint density at radius 1 is 1.46 bits per heavy atom. The highest BCUT2D eigenvalue weighted by molar-refractivity contribution is 5.30. The van der Waals surface area contributed by atoms with E-state index in [9.17, 15) is 4.39 Å². The van der Waals surface area contributed by atoms with Crippen molar-refractivity contribution in [1.82, 2.24) is 0 Å². The van der Waals surface area contributed by atoms with Gasteiger partial charge in [0, 0.05) is 6.54 Å². The van der Waals surface area contributed by atoms with Gasteiger partial charge < -0.3 is 10.5 Å². The van der Waals surface area contributed by atoms with Gasteiger partial charge in [-0.2, -0.15) is 0 Å². The van der Waals surface area contributed by atoms with Crippen LogP contribution in [0.2, 0.25) is 0 Å². The molecule has 1 fully saturated rings. The van der Waals surface area contributed by atoms with Gasteiger partial charge in [-0.15, -0.1) is 0 Å². The van der Waals surface area contributed by atoms with E-state index in [1.165, 1.54) is 6.07 Å². The van der Waals surface area contributed by atoms with E-state index >= 15 is 0 Å². The molecule has 2 rings (SSSR count). The fraction of sp³-hybridized carbons (Fsp3) is 0.400. The number of benzene rings is 1. The molecule has 3 heteroatoms. The maximum atomic E-state index is 13.1. The van der Waals surface area contributed by atoms with E-state index in [0.29, 0.717) is 12.3 Å². The lowest BCUT2D eigenvalue weighted by Gasteiger charge is -2.06. The van der Waals surface area contributed by atoms with Gasteiger partial charge in [0.2, 0.25) is 0 Å². The third kappa shape index (κ3) is 1.98. The second kappa shape index (κ2) is 3.34. The first-order valence-electron chi connectivity index (χ1n) is 4.45. The first kappa shape index (κ1) is 8.51. The maximum absolute atomic E-state index is 13.1. The van der Waals surface area contributed by atoms with Gasteiger partial charge in [-0.05, 0) is 30.5 Å². The predicted octanol–water partition coefficient (Wildman–Crippen LogP) is 1.83. The topological polar surface area (TPSA) is 35.2 Å². The van der Waals surface area contributed by atoms with Gasteiger partial charge >= 0.3 is 0 Å². The zero-order valence-electron chi connectivity index (χ0n) is 7.29. The molecule has 0 amide bonds. The molecule has 2 nitrogen and oxygen atoms in total. The average molecular weight is 181 g/mol. The first-order chi connectivity index (χ1) is 6.29. The molecule has 0 aromatic heterocycles. The van der Waals surface area contributed by atoms with Crippen LogP contribution >= 0.6 is 0 Å². The van der Waals surface area contributed by atoms with Gasteiger partial charge in [-0.3, -0.25) is 0 Å². The second-order valence-electron chi connectivity index (χ2n) is 3.29. The molecule has 0 bridgehead atoms. The molecule has 0 unspecified atom stereocenters. The van der Waals surface area contributed by atoms with Gasteiger partial charge in [0.05, 0.1) is 6.10 Å². The molecule has 1 saturated carbocycles. The Labute approximate surface area is 76.5 Å². The molecule has 1 aliphatic carbocycles. The molecule has 0 saturated heterocycles. The van der Waals surface area contributed by atoms with Crippen LogP contribution in [0.5, 0.6) is 5.75 Å². The van der Waals surface area contributed by atoms with Crippen molar-refractivity contribution in [2.75, 3.05) is 0 Å². The zero-order chi connectivity index (χ0) is 9.26. The number of hydrogen-bond donors (Lipinski definition) is 1. The summed E-state index contributed by atoms with van der Waals surface area (Å²) in [5.41, 5.74) is 6.34. The monoisotopic (exact) mass is 181 g/mol. The van der Waals surface area contributed by atoms with Crippen LogP contribution in [0.3, 0.4) is 0 Å². The van der Waals surface area contributed by atoms with Crippen LogP contribution in [0.4, 0.5) is 4.39 Å². The lowest BCUT2D eigenvalue weighted by atomic mass is 10.2. The summed E-state index contributed by atoms with van der Waals surface area (Å²) >= 11 is 0. The molecular formula is C10H12FNO. The number of rotatable bonds is 3. The number of halogens is 1. The van der Waals surface area contributed by atoms with Gasteiger partial charge in [0.25, 0.3) is 0 Å². The van der Waals surface area contributed by atoms with Crippen LogP contribution in [0.25, 0.3) is 0 Å². The molecule has 2 N–H and O–H groups in total. The van der Waals surface area contributed by atoms with Crippen molar-refractivity contribution in [3.63, 3.8) is 0 Å². The summed E-state index contributed by atoms with van der Waals surface area (Å²) in [5.74, 6) is 0.0366. The molecule has 0 radical (unpaired) electrons. The van der Waals surface area contributed by atoms with Crippen LogP contribution in [-0.2, 0) is 6.54 Å². The highest BCUT2D eigenvalue weighted by Gasteiger charge is 2.24. The molecule has 1 aromatic rings. The number of hydrogen-bond acceptors (Lipinski definition) is 2. The van der Waals surface area contributed by atoms with E-state index < -0.39 is 0 Å². The van der Waals surface area contributed by atoms with Gasteiger partial charge in [-0.25, -0.2) is 4.39 Å². The Bertz CT molecular complexity index is 310. The first-order valence-corrected chi connectivity index (χ1v) is 4.45. The Hall–Kier alpha value is -1.09. The smallest absolute Gasteiger partial charge is 0.165 e. The van der Waals surface area contributed by atoms with E-state index in [2.05, 4.69) is 0 Å². The van der Waals surface area contributed by atoms with Crippen molar-refractivity contribution < 1.29 is 9.13 Å². The quantitative estimate of drug-likeness (QED) is 0.772. The molecule has 1 aromatic carbocycles. The highest BCUT2D eigenvalue weighted by atomic mass is 19.1. The highest BCUT2D eigenvalue weighted by Crippen LogP contribution is 2.28. The Morgan fingerprint density at radius 3 is 2.85 bits per heavy atom. The molecular weight excluding hydrogens is 169 g/mol. The summed E-state index contributed by atoms with van der Waals surface area (Å²) < 4.78 is 18.5. The maximum Gasteiger partial charge on any atom is 0.165 e. The van der Waals surface area contributed by atoms with E-state index in [1.807, 2.05) is 0 Å². The largest absolute Gasteiger partial charge is 0.487 e. The Balaban J connectivity index is 2.19. The fourth-order valence-electron chi connectivity index (χ4n) is 1.13. The van der Waals surface area contributed by atoms with Crippen molar-refractivity contribution in [3.05, 3.63) is 29.6 Å². The zero-order valence-corrected chi connectivity index (χ0v) is 7.29. The molecule has 1 aliphatic rings. The van der Waals surface area contributed by atoms with Crippen LogP contribution in [0.1, 0.15) is 18.4 Å². The summed E-state index contributed by atoms with van der Waals surface area (Å²) in [6, 6.07) is 4.75. The van der Waals surface area contributed by atoms with E-state index in [0.717, 1.165) is 18.4 Å². The minimum absolute atomic E-state index is 0.225. The molecule has 0 spiro atoms. The third-order valence-corrected chi connectivity index (χ3v) is 2.05. The average Bonchev–Trinajstić information content (AvgIpc) is 2.93. The second-order valence-corrected chi connectivity index (χ2v) is 3.29. The van der Waals surface area contributed by atoms with Crippen LogP contribution in [-0.4, -0.2) is 6.10 Å². The van der Waals surface area contributed by atoms with Crippen molar-refractivity contribution in [2.24, 2.45) is 5.73 Å². The standard InChI is InChI=1S/C10H12FNO/c11-9-4-1-7(6-12)5-10(9)13-8-2-3-8/h1,4-5,8H,2-3,6,12H2. The minimum atomic E-state index is -0.302. The van der Waals surface area contributed by atoms with Crippen molar-refractivity contribution in [2.45, 2.75) is 25.5 Å². The van der Waals surface area contributed by atoms with Crippen LogP contribution < -0.4 is 10.5 Å². The van der Waals surface area contributed by atoms with E-state index in [1.54, 1.807) is 12.1 Å². The fourth-order valence-corrected chi connectivity index (χ4v) is 1.13. The Kier molecular flexibility index (Phi) is 2.19. The summed E-state index contributed by atoms with van der Waals surface area (Å²) in [7, 11) is 0. The van der Waals surface area contributed by atoms with Crippen molar-refractivity contribution in [1.29, 1.82) is 0 Å². The van der Waals surface area contributed by atoms with Crippen molar-refractivity contribution in [3.8, 4) is 5.75 Å². The number of ether oxygens (including phenoxy) is 1. The summed E-state index contributed by atoms with van der Waals surface area (Å²) in [4.78, 5) is 0. The van der Waals surface area contributed by atoms with Crippen LogP contribution in [0.15, 0.2) is 18.2 Å². The van der Waals surface area contributed by atoms with Crippen LogP contribution in [0, 0.1) is 5.82 Å². The molecule has 0 atom stereocenters. The number of nitrogens with two attached hydrogens (primary N) is 1. The molecule has 0 aliphatic heterocycles. The van der Waals surface area contributed by atoms with Crippen molar-refractivity contribution >= 4 is 0 Å². The lowest BCUT2D eigenvalue weighted by molar-refractivity contribution is 0.287. The van der Waals surface area contributed by atoms with E-state index in [-0.39, 0.29) is 11.9 Å². The van der Waals surface area contributed by atoms with Gasteiger partial charge in [0.15, 0.2) is 11.6 Å². The van der Waals surface area contributed by atoms with Gasteiger partial charge in [0.1, 0.15) is 0 Å². The summed E-state index contributed by atoms with van der Waals surface area (Å²) in [6.45, 7) is 0.418. The SMILES string of the molecule is NCc1ccc(F)c(OC2CC2)c1. The van der Waals surface area contributed by atoms with E-state index in [4.69, 9.17) is 10.5 Å². The van der Waals surface area contributed by atoms with Gasteiger partial charge in [-0.1, -0.05) is 6.07 Å². The summed E-state index contributed by atoms with van der Waals surface area (Å²) in [6.07, 6.45) is 2.29. The molecule has 0 heterocycles. The minimum Gasteiger partial charge on any atom is -0.487 e. The molecule has 13 heavy (non-hydrogen) atoms. The lowest BCUT2D eigenvalue weighted by Crippen LogP contribution is -2.01. The predicted molar refractivity (Wildman–Crippen MR) is 47.9 cm³/mol. The summed E-state index contributed by atoms with van der Waals surface area (Å²) in [5, 5.41) is 0. The molecule has 70 valence electrons. The Morgan fingerprint density at radius 2 is 2.23 bits per heavy atom. The third-order valence-electron chi connectivity index (χ3n) is 2.05. The normalized spacial score (nSPS) is 15.8.